The van der Waals surface area contributed by atoms with E-state index in [-0.39, 0.29) is 56.6 Å². The van der Waals surface area contributed by atoms with Gasteiger partial charge in [0.25, 0.3) is 0 Å². The Hall–Kier alpha value is -5.47. The molecule has 2 heterocycles. The van der Waals surface area contributed by atoms with Gasteiger partial charge in [0.05, 0.1) is 40.1 Å². The fraction of sp³-hybridized carbons (Fsp3) is 0.283. The van der Waals surface area contributed by atoms with Gasteiger partial charge in [0.15, 0.2) is 17.7 Å². The molecule has 2 N–H and O–H groups in total. The third kappa shape index (κ3) is 9.97. The highest BCUT2D eigenvalue weighted by Gasteiger charge is 2.59. The van der Waals surface area contributed by atoms with Gasteiger partial charge in [-0.05, 0) is 40.8 Å². The minimum atomic E-state index is -2.58. The topological polar surface area (TPSA) is 114 Å². The lowest BCUT2D eigenvalue weighted by atomic mass is 9.96. The van der Waals surface area contributed by atoms with Gasteiger partial charge in [-0.3, -0.25) is 5.10 Å². The average molecular weight is 793 g/mol. The molecule has 12 heteroatoms. The van der Waals surface area contributed by atoms with Gasteiger partial charge < -0.3 is 38.3 Å². The van der Waals surface area contributed by atoms with Gasteiger partial charge in [-0.2, -0.15) is 4.39 Å². The molecule has 0 saturated carbocycles. The molecule has 1 aliphatic rings. The maximum atomic E-state index is 15.3. The number of hydrogen-bond acceptors (Lipinski definition) is 9. The molecule has 10 nitrogen and oxygen atoms in total. The maximum absolute atomic E-state index is 15.3. The first kappa shape index (κ1) is 40.7. The quantitative estimate of drug-likeness (QED) is 0.0837. The van der Waals surface area contributed by atoms with Crippen LogP contribution < -0.4 is 9.47 Å². The summed E-state index contributed by atoms with van der Waals surface area (Å²) in [4.78, 5) is 0. The second-order valence-corrected chi connectivity index (χ2v) is 14.0. The Labute approximate surface area is 336 Å². The number of nitrogens with zero attached hydrogens (tertiary/aromatic N) is 1. The molecule has 302 valence electrons. The Bertz CT molecular complexity index is 2180. The van der Waals surface area contributed by atoms with Crippen LogP contribution in [0.1, 0.15) is 39.1 Å². The summed E-state index contributed by atoms with van der Waals surface area (Å²) in [6.07, 6.45) is -4.36. The highest BCUT2D eigenvalue weighted by Crippen LogP contribution is 2.39. The number of rotatable bonds is 18. The molecule has 0 unspecified atom stereocenters. The van der Waals surface area contributed by atoms with Gasteiger partial charge in [-0.25, -0.2) is 4.39 Å². The van der Waals surface area contributed by atoms with Gasteiger partial charge in [-0.1, -0.05) is 127 Å². The van der Waals surface area contributed by atoms with E-state index in [1.54, 1.807) is 6.92 Å². The SMILES string of the molecule is COc1ccc(Cc2c(O[C@]3(O)O[C@H](COCc4ccccc4)[C@@H](OCc4ccccc4)[C@H](OCc4ccccc4)[C@H]3OCc3ccccc3)n[nH]c2C)c(F)c1F. The summed E-state index contributed by atoms with van der Waals surface area (Å²) in [6.45, 7) is 2.27. The second-order valence-electron chi connectivity index (χ2n) is 14.0. The third-order valence-electron chi connectivity index (χ3n) is 9.90. The Morgan fingerprint density at radius 3 is 1.74 bits per heavy atom. The van der Waals surface area contributed by atoms with E-state index in [0.717, 1.165) is 22.3 Å². The van der Waals surface area contributed by atoms with Crippen LogP contribution in [0.3, 0.4) is 0 Å². The summed E-state index contributed by atoms with van der Waals surface area (Å²) in [5.74, 6) is -5.12. The van der Waals surface area contributed by atoms with Crippen LogP contribution in [0, 0.1) is 18.6 Å². The molecule has 5 aromatic carbocycles. The maximum Gasteiger partial charge on any atom is 0.356 e. The zero-order valence-corrected chi connectivity index (χ0v) is 32.3. The van der Waals surface area contributed by atoms with Crippen molar-refractivity contribution in [3.8, 4) is 11.6 Å². The number of ether oxygens (including phenoxy) is 7. The fourth-order valence-electron chi connectivity index (χ4n) is 6.82. The van der Waals surface area contributed by atoms with Crippen LogP contribution in [-0.2, 0) is 56.5 Å². The Morgan fingerprint density at radius 1 is 0.672 bits per heavy atom. The Kier molecular flexibility index (Phi) is 13.6. The molecule has 1 fully saturated rings. The lowest BCUT2D eigenvalue weighted by Crippen LogP contribution is -2.69. The van der Waals surface area contributed by atoms with E-state index >= 15 is 4.39 Å². The lowest BCUT2D eigenvalue weighted by Gasteiger charge is -2.49. The lowest BCUT2D eigenvalue weighted by molar-refractivity contribution is -0.436. The summed E-state index contributed by atoms with van der Waals surface area (Å²) in [5, 5.41) is 20.0. The molecular weight excluding hydrogens is 747 g/mol. The first-order valence-electron chi connectivity index (χ1n) is 19.0. The van der Waals surface area contributed by atoms with Crippen molar-refractivity contribution in [1.29, 1.82) is 0 Å². The van der Waals surface area contributed by atoms with Crippen LogP contribution in [0.15, 0.2) is 133 Å². The second kappa shape index (κ2) is 19.3. The van der Waals surface area contributed by atoms with Gasteiger partial charge in [0, 0.05) is 17.7 Å². The third-order valence-corrected chi connectivity index (χ3v) is 9.90. The van der Waals surface area contributed by atoms with Crippen LogP contribution in [0.2, 0.25) is 0 Å². The van der Waals surface area contributed by atoms with E-state index in [9.17, 15) is 9.50 Å². The Morgan fingerprint density at radius 2 is 1.19 bits per heavy atom. The molecule has 0 spiro atoms. The van der Waals surface area contributed by atoms with Crippen LogP contribution in [0.25, 0.3) is 0 Å². The molecule has 1 saturated heterocycles. The normalized spacial score (nSPS) is 20.5. The number of benzene rings is 5. The molecule has 58 heavy (non-hydrogen) atoms. The zero-order valence-electron chi connectivity index (χ0n) is 32.3. The number of aliphatic hydroxyl groups is 1. The van der Waals surface area contributed by atoms with E-state index in [1.807, 2.05) is 121 Å². The van der Waals surface area contributed by atoms with Crippen LogP contribution >= 0.6 is 0 Å². The van der Waals surface area contributed by atoms with Crippen LogP contribution in [0.5, 0.6) is 11.6 Å². The molecule has 1 aromatic heterocycles. The predicted molar refractivity (Wildman–Crippen MR) is 211 cm³/mol. The highest BCUT2D eigenvalue weighted by molar-refractivity contribution is 5.39. The number of H-pyrrole nitrogens is 1. The summed E-state index contributed by atoms with van der Waals surface area (Å²) in [7, 11) is 1.26. The van der Waals surface area contributed by atoms with Crippen molar-refractivity contribution in [2.45, 2.75) is 70.2 Å². The summed E-state index contributed by atoms with van der Waals surface area (Å²) in [6, 6.07) is 41.2. The Balaban J connectivity index is 1.27. The van der Waals surface area contributed by atoms with Gasteiger partial charge >= 0.3 is 5.97 Å². The summed E-state index contributed by atoms with van der Waals surface area (Å²) in [5.41, 5.74) is 4.40. The van der Waals surface area contributed by atoms with Crippen LogP contribution in [0.4, 0.5) is 8.78 Å². The highest BCUT2D eigenvalue weighted by atomic mass is 19.2. The number of methoxy groups -OCH3 is 1. The van der Waals surface area contributed by atoms with Gasteiger partial charge in [0.1, 0.15) is 18.3 Å². The molecule has 1 aliphatic heterocycles. The standard InChI is InChI=1S/C46H46F2N2O8/c1-31-37(25-36-23-24-38(52-2)41(48)40(36)47)45(50-49-31)58-46(51)44(56-29-35-21-13-6-14-22-35)43(55-28-34-19-11-5-12-20-34)42(54-27-33-17-9-4-10-18-33)39(57-46)30-53-26-32-15-7-3-8-16-32/h3-24,39,42-44,51H,25-30H2,1-2H3,(H,49,50)/t39-,42-,43+,44-,46-/m1/s1. The van der Waals surface area contributed by atoms with Crippen molar-refractivity contribution in [2.24, 2.45) is 0 Å². The van der Waals surface area contributed by atoms with Crippen molar-refractivity contribution in [3.05, 3.63) is 184 Å². The van der Waals surface area contributed by atoms with Gasteiger partial charge in [-0.15, -0.1) is 5.10 Å². The monoisotopic (exact) mass is 792 g/mol. The number of nitrogens with one attached hydrogen (secondary N) is 1. The smallest absolute Gasteiger partial charge is 0.356 e. The molecule has 5 atom stereocenters. The summed E-state index contributed by atoms with van der Waals surface area (Å²) < 4.78 is 74.3. The first-order valence-corrected chi connectivity index (χ1v) is 19.0. The number of hydrogen-bond donors (Lipinski definition) is 2. The van der Waals surface area contributed by atoms with Crippen LogP contribution in [-0.4, -0.2) is 59.4 Å². The first-order chi connectivity index (χ1) is 28.3. The van der Waals surface area contributed by atoms with Crippen molar-refractivity contribution >= 4 is 0 Å². The number of halogens is 2. The van der Waals surface area contributed by atoms with E-state index in [1.165, 1.54) is 19.2 Å². The van der Waals surface area contributed by atoms with Crippen molar-refractivity contribution in [1.82, 2.24) is 10.2 Å². The van der Waals surface area contributed by atoms with Crippen molar-refractivity contribution in [2.75, 3.05) is 13.7 Å². The van der Waals surface area contributed by atoms with Crippen molar-refractivity contribution in [3.63, 3.8) is 0 Å². The van der Waals surface area contributed by atoms with Gasteiger partial charge in [0.2, 0.25) is 11.7 Å². The average Bonchev–Trinajstić information content (AvgIpc) is 3.59. The van der Waals surface area contributed by atoms with E-state index < -0.39 is 42.0 Å². The van der Waals surface area contributed by atoms with E-state index in [0.29, 0.717) is 11.3 Å². The molecule has 7 rings (SSSR count). The zero-order chi connectivity index (χ0) is 40.3. The molecule has 0 radical (unpaired) electrons. The fourth-order valence-corrected chi connectivity index (χ4v) is 6.82. The molecule has 6 aromatic rings. The number of aryl methyl sites for hydroxylation is 1. The minimum Gasteiger partial charge on any atom is -0.494 e. The largest absolute Gasteiger partial charge is 0.494 e. The van der Waals surface area contributed by atoms with E-state index in [4.69, 9.17) is 33.2 Å². The molecule has 0 bridgehead atoms. The minimum absolute atomic E-state index is 0.0201. The molecule has 0 aliphatic carbocycles. The van der Waals surface area contributed by atoms with Crippen molar-refractivity contribution < 1.29 is 47.0 Å². The molecular formula is C46H46F2N2O8. The number of aromatic nitrogens is 2. The number of aromatic amines is 1. The van der Waals surface area contributed by atoms with E-state index in [2.05, 4.69) is 10.2 Å². The molecule has 0 amide bonds. The predicted octanol–water partition coefficient (Wildman–Crippen LogP) is 7.99. The summed E-state index contributed by atoms with van der Waals surface area (Å²) >= 11 is 0.